The average Bonchev–Trinajstić information content (AvgIpc) is 3.01. The minimum Gasteiger partial charge on any atom is -0.465 e. The van der Waals surface area contributed by atoms with Crippen molar-refractivity contribution >= 4 is 5.97 Å². The van der Waals surface area contributed by atoms with Crippen LogP contribution in [0.25, 0.3) is 0 Å². The van der Waals surface area contributed by atoms with Crippen molar-refractivity contribution < 1.29 is 9.53 Å². The third-order valence-corrected chi connectivity index (χ3v) is 3.05. The molecule has 0 bridgehead atoms. The maximum Gasteiger partial charge on any atom is 0.319 e. The minimum atomic E-state index is -0.112. The van der Waals surface area contributed by atoms with Gasteiger partial charge in [0.05, 0.1) is 13.2 Å². The van der Waals surface area contributed by atoms with E-state index in [9.17, 15) is 4.79 Å². The Kier molecular flexibility index (Phi) is 3.06. The van der Waals surface area contributed by atoms with Crippen LogP contribution in [0, 0.1) is 11.8 Å². The molecular formula is C11H19NO2. The average molecular weight is 197 g/mol. The molecule has 2 saturated carbocycles. The van der Waals surface area contributed by atoms with E-state index in [0.29, 0.717) is 19.2 Å². The van der Waals surface area contributed by atoms with Gasteiger partial charge < -0.3 is 10.1 Å². The van der Waals surface area contributed by atoms with Crippen LogP contribution in [0.2, 0.25) is 0 Å². The van der Waals surface area contributed by atoms with Crippen molar-refractivity contribution in [2.24, 2.45) is 11.8 Å². The fourth-order valence-corrected chi connectivity index (χ4v) is 2.04. The van der Waals surface area contributed by atoms with Gasteiger partial charge in [0.1, 0.15) is 0 Å². The van der Waals surface area contributed by atoms with E-state index in [-0.39, 0.29) is 5.97 Å². The zero-order chi connectivity index (χ0) is 9.97. The fourth-order valence-electron chi connectivity index (χ4n) is 2.04. The number of nitrogens with one attached hydrogen (secondary N) is 1. The zero-order valence-corrected chi connectivity index (χ0v) is 8.79. The van der Waals surface area contributed by atoms with Crippen molar-refractivity contribution in [2.45, 2.75) is 38.6 Å². The van der Waals surface area contributed by atoms with E-state index in [1.165, 1.54) is 25.7 Å². The number of hydrogen-bond donors (Lipinski definition) is 1. The van der Waals surface area contributed by atoms with Gasteiger partial charge in [0.15, 0.2) is 0 Å². The zero-order valence-electron chi connectivity index (χ0n) is 8.79. The smallest absolute Gasteiger partial charge is 0.319 e. The molecule has 0 aliphatic heterocycles. The van der Waals surface area contributed by atoms with Crippen LogP contribution < -0.4 is 5.32 Å². The molecule has 2 rings (SSSR count). The number of carbonyl (C=O) groups is 1. The van der Waals surface area contributed by atoms with Gasteiger partial charge in [-0.3, -0.25) is 4.79 Å². The molecule has 0 aromatic carbocycles. The summed E-state index contributed by atoms with van der Waals surface area (Å²) in [4.78, 5) is 11.1. The second-order valence-corrected chi connectivity index (χ2v) is 4.39. The largest absolute Gasteiger partial charge is 0.465 e. The molecule has 0 spiro atoms. The van der Waals surface area contributed by atoms with Crippen molar-refractivity contribution in [3.63, 3.8) is 0 Å². The molecule has 2 aliphatic rings. The predicted molar refractivity (Wildman–Crippen MR) is 53.9 cm³/mol. The summed E-state index contributed by atoms with van der Waals surface area (Å²) in [5.74, 6) is 1.58. The monoisotopic (exact) mass is 197 g/mol. The normalized spacial score (nSPS) is 21.3. The van der Waals surface area contributed by atoms with E-state index in [1.807, 2.05) is 6.92 Å². The molecule has 1 N–H and O–H groups in total. The van der Waals surface area contributed by atoms with Crippen LogP contribution in [0.1, 0.15) is 32.6 Å². The lowest BCUT2D eigenvalue weighted by Crippen LogP contribution is -2.37. The molecule has 3 heteroatoms. The first-order chi connectivity index (χ1) is 6.81. The van der Waals surface area contributed by atoms with Crippen molar-refractivity contribution in [3.8, 4) is 0 Å². The van der Waals surface area contributed by atoms with Crippen molar-refractivity contribution in [2.75, 3.05) is 13.2 Å². The lowest BCUT2D eigenvalue weighted by molar-refractivity contribution is -0.142. The number of carbonyl (C=O) groups excluding carboxylic acids is 1. The van der Waals surface area contributed by atoms with Crippen molar-refractivity contribution in [3.05, 3.63) is 0 Å². The Hall–Kier alpha value is -0.570. The number of ether oxygens (including phenoxy) is 1. The van der Waals surface area contributed by atoms with E-state index in [0.717, 1.165) is 11.8 Å². The standard InChI is InChI=1S/C11H19NO2/c1-2-14-10(13)7-12-11(8-3-4-8)9-5-6-9/h8-9,11-12H,2-7H2,1H3. The van der Waals surface area contributed by atoms with Gasteiger partial charge in [-0.1, -0.05) is 0 Å². The molecule has 0 saturated heterocycles. The first-order valence-corrected chi connectivity index (χ1v) is 5.70. The van der Waals surface area contributed by atoms with E-state index >= 15 is 0 Å². The Morgan fingerprint density at radius 3 is 2.36 bits per heavy atom. The molecule has 0 amide bonds. The van der Waals surface area contributed by atoms with Gasteiger partial charge in [-0.15, -0.1) is 0 Å². The van der Waals surface area contributed by atoms with Gasteiger partial charge >= 0.3 is 5.97 Å². The summed E-state index contributed by atoms with van der Waals surface area (Å²) in [6.45, 7) is 2.72. The molecule has 0 aromatic rings. The van der Waals surface area contributed by atoms with Gasteiger partial charge in [-0.25, -0.2) is 0 Å². The van der Waals surface area contributed by atoms with Gasteiger partial charge in [-0.05, 0) is 44.4 Å². The molecule has 14 heavy (non-hydrogen) atoms. The highest BCUT2D eigenvalue weighted by molar-refractivity contribution is 5.71. The first-order valence-electron chi connectivity index (χ1n) is 5.70. The molecule has 0 aromatic heterocycles. The Balaban J connectivity index is 1.68. The maximum absolute atomic E-state index is 11.1. The van der Waals surface area contributed by atoms with Crippen LogP contribution in [0.15, 0.2) is 0 Å². The van der Waals surface area contributed by atoms with Crippen LogP contribution in [-0.4, -0.2) is 25.2 Å². The highest BCUT2D eigenvalue weighted by atomic mass is 16.5. The van der Waals surface area contributed by atoms with Crippen LogP contribution in [0.3, 0.4) is 0 Å². The molecule has 2 aliphatic carbocycles. The van der Waals surface area contributed by atoms with Gasteiger partial charge in [0.25, 0.3) is 0 Å². The van der Waals surface area contributed by atoms with Gasteiger partial charge in [0, 0.05) is 6.04 Å². The summed E-state index contributed by atoms with van der Waals surface area (Å²) in [7, 11) is 0. The van der Waals surface area contributed by atoms with Crippen molar-refractivity contribution in [1.82, 2.24) is 5.32 Å². The van der Waals surface area contributed by atoms with Crippen LogP contribution in [0.4, 0.5) is 0 Å². The number of esters is 1. The molecule has 80 valence electrons. The molecule has 0 unspecified atom stereocenters. The summed E-state index contributed by atoms with van der Waals surface area (Å²) in [5.41, 5.74) is 0. The maximum atomic E-state index is 11.1. The topological polar surface area (TPSA) is 38.3 Å². The molecule has 0 heterocycles. The van der Waals surface area contributed by atoms with E-state index in [1.54, 1.807) is 0 Å². The third-order valence-electron chi connectivity index (χ3n) is 3.05. The van der Waals surface area contributed by atoms with E-state index < -0.39 is 0 Å². The van der Waals surface area contributed by atoms with Crippen LogP contribution in [-0.2, 0) is 9.53 Å². The van der Waals surface area contributed by atoms with Crippen LogP contribution in [0.5, 0.6) is 0 Å². The molecular weight excluding hydrogens is 178 g/mol. The fraction of sp³-hybridized carbons (Fsp3) is 0.909. The van der Waals surface area contributed by atoms with Gasteiger partial charge in [-0.2, -0.15) is 0 Å². The second-order valence-electron chi connectivity index (χ2n) is 4.39. The van der Waals surface area contributed by atoms with E-state index in [4.69, 9.17) is 4.74 Å². The Labute approximate surface area is 85.2 Å². The highest BCUT2D eigenvalue weighted by Gasteiger charge is 2.41. The van der Waals surface area contributed by atoms with Gasteiger partial charge in [0.2, 0.25) is 0 Å². The summed E-state index contributed by atoms with van der Waals surface area (Å²) in [5, 5.41) is 3.35. The Morgan fingerprint density at radius 1 is 1.36 bits per heavy atom. The molecule has 3 nitrogen and oxygen atoms in total. The molecule has 2 fully saturated rings. The summed E-state index contributed by atoms with van der Waals surface area (Å²) in [6, 6.07) is 0.597. The summed E-state index contributed by atoms with van der Waals surface area (Å²) >= 11 is 0. The van der Waals surface area contributed by atoms with Crippen LogP contribution >= 0.6 is 0 Å². The third kappa shape index (κ3) is 2.71. The Bertz CT molecular complexity index is 197. The number of hydrogen-bond acceptors (Lipinski definition) is 3. The minimum absolute atomic E-state index is 0.112. The predicted octanol–water partition coefficient (Wildman–Crippen LogP) is 1.33. The lowest BCUT2D eigenvalue weighted by atomic mass is 10.1. The lowest BCUT2D eigenvalue weighted by Gasteiger charge is -2.16. The first kappa shape index (κ1) is 9.97. The highest BCUT2D eigenvalue weighted by Crippen LogP contribution is 2.44. The van der Waals surface area contributed by atoms with E-state index in [2.05, 4.69) is 5.32 Å². The molecule has 0 radical (unpaired) electrons. The summed E-state index contributed by atoms with van der Waals surface area (Å²) in [6.07, 6.45) is 5.38. The Morgan fingerprint density at radius 2 is 1.93 bits per heavy atom. The van der Waals surface area contributed by atoms with Crippen molar-refractivity contribution in [1.29, 1.82) is 0 Å². The number of rotatable bonds is 6. The quantitative estimate of drug-likeness (QED) is 0.653. The second kappa shape index (κ2) is 4.30. The SMILES string of the molecule is CCOC(=O)CNC(C1CC1)C1CC1. The summed E-state index contributed by atoms with van der Waals surface area (Å²) < 4.78 is 4.89. The molecule has 0 atom stereocenters.